The highest BCUT2D eigenvalue weighted by Gasteiger charge is 2.56. The third-order valence-electron chi connectivity index (χ3n) is 11.0. The van der Waals surface area contributed by atoms with Crippen molar-refractivity contribution in [3.8, 4) is 17.1 Å². The molecule has 2 bridgehead atoms. The average Bonchev–Trinajstić information content (AvgIpc) is 3.09. The van der Waals surface area contributed by atoms with Crippen molar-refractivity contribution in [3.05, 3.63) is 82.7 Å². The number of rotatable bonds is 7. The van der Waals surface area contributed by atoms with E-state index in [2.05, 4.69) is 41.3 Å². The monoisotopic (exact) mass is 637 g/mol. The number of hydrogen-bond donors (Lipinski definition) is 2. The van der Waals surface area contributed by atoms with Crippen LogP contribution in [0.3, 0.4) is 0 Å². The zero-order valence-electron chi connectivity index (χ0n) is 27.7. The van der Waals surface area contributed by atoms with Crippen LogP contribution in [0.15, 0.2) is 70.7 Å². The van der Waals surface area contributed by atoms with Crippen molar-refractivity contribution < 1.29 is 9.13 Å². The van der Waals surface area contributed by atoms with Crippen molar-refractivity contribution in [2.24, 2.45) is 28.2 Å². The predicted molar refractivity (Wildman–Crippen MR) is 184 cm³/mol. The summed E-state index contributed by atoms with van der Waals surface area (Å²) >= 11 is 0. The standard InChI is InChI=1S/C37H44FN7O2/c1-23-30-18-26(37(30,2)3)19-32(23)43-36(44-16-13-39-14-17-44)41-27-8-10-29-33(20-27)42-34(25-6-5-12-40-22-25)45(35(29)46)15-11-24-7-9-28(47-4)21-31(24)38/h5-10,12,20-23,26,30,32,39H,11,13-19H2,1-4H3,(H,41,43)/t23-,26+,30-,32-/m0/s1. The Hall–Kier alpha value is -4.31. The number of nitrogens with zero attached hydrogens (tertiary/aromatic N) is 5. The van der Waals surface area contributed by atoms with Gasteiger partial charge in [-0.05, 0) is 84.4 Å². The van der Waals surface area contributed by atoms with Gasteiger partial charge < -0.3 is 20.3 Å². The van der Waals surface area contributed by atoms with E-state index < -0.39 is 0 Å². The fraction of sp³-hybridized carbons (Fsp3) is 0.459. The van der Waals surface area contributed by atoms with Crippen molar-refractivity contribution in [1.29, 1.82) is 0 Å². The summed E-state index contributed by atoms with van der Waals surface area (Å²) in [7, 11) is 1.51. The van der Waals surface area contributed by atoms with Crippen molar-refractivity contribution >= 4 is 22.5 Å². The third kappa shape index (κ3) is 5.99. The van der Waals surface area contributed by atoms with Gasteiger partial charge >= 0.3 is 0 Å². The maximum Gasteiger partial charge on any atom is 0.261 e. The van der Waals surface area contributed by atoms with E-state index in [1.54, 1.807) is 29.1 Å². The maximum atomic E-state index is 14.8. The highest BCUT2D eigenvalue weighted by Crippen LogP contribution is 2.61. The van der Waals surface area contributed by atoms with Crippen LogP contribution in [0.1, 0.15) is 39.2 Å². The minimum absolute atomic E-state index is 0.178. The number of halogens is 1. The van der Waals surface area contributed by atoms with E-state index >= 15 is 0 Å². The van der Waals surface area contributed by atoms with E-state index in [-0.39, 0.29) is 24.0 Å². The number of methoxy groups -OCH3 is 1. The van der Waals surface area contributed by atoms with Gasteiger partial charge in [-0.1, -0.05) is 26.8 Å². The highest BCUT2D eigenvalue weighted by atomic mass is 19.1. The normalized spacial score (nSPS) is 23.8. The van der Waals surface area contributed by atoms with Gasteiger partial charge in [0, 0.05) is 62.4 Å². The van der Waals surface area contributed by atoms with Crippen LogP contribution in [0.2, 0.25) is 0 Å². The second-order valence-corrected chi connectivity index (χ2v) is 13.9. The van der Waals surface area contributed by atoms with Gasteiger partial charge in [-0.3, -0.25) is 14.3 Å². The number of benzene rings is 2. The summed E-state index contributed by atoms with van der Waals surface area (Å²) in [6.45, 7) is 11.0. The lowest BCUT2D eigenvalue weighted by Crippen LogP contribution is -2.57. The summed E-state index contributed by atoms with van der Waals surface area (Å²) in [5.41, 5.74) is 2.87. The number of nitrogens with one attached hydrogen (secondary N) is 2. The van der Waals surface area contributed by atoms with Gasteiger partial charge in [0.25, 0.3) is 5.56 Å². The molecule has 2 N–H and O–H groups in total. The molecule has 10 heteroatoms. The lowest BCUT2D eigenvalue weighted by Gasteiger charge is -2.61. The Morgan fingerprint density at radius 1 is 1.15 bits per heavy atom. The number of pyridine rings is 1. The van der Waals surface area contributed by atoms with Gasteiger partial charge in [-0.2, -0.15) is 0 Å². The molecule has 3 saturated carbocycles. The van der Waals surface area contributed by atoms with Crippen molar-refractivity contribution in [2.45, 2.75) is 52.6 Å². The van der Waals surface area contributed by atoms with Crippen molar-refractivity contribution in [2.75, 3.05) is 38.6 Å². The average molecular weight is 638 g/mol. The predicted octanol–water partition coefficient (Wildman–Crippen LogP) is 5.59. The molecule has 9 nitrogen and oxygen atoms in total. The molecule has 4 aliphatic rings. The fourth-order valence-electron chi connectivity index (χ4n) is 7.96. The zero-order valence-corrected chi connectivity index (χ0v) is 27.7. The molecule has 0 unspecified atom stereocenters. The topological polar surface area (TPSA) is 96.7 Å². The first-order valence-corrected chi connectivity index (χ1v) is 16.8. The molecule has 246 valence electrons. The zero-order chi connectivity index (χ0) is 32.7. The summed E-state index contributed by atoms with van der Waals surface area (Å²) in [5, 5.41) is 7.61. The quantitative estimate of drug-likeness (QED) is 0.201. The number of aromatic nitrogens is 3. The maximum absolute atomic E-state index is 14.8. The van der Waals surface area contributed by atoms with E-state index in [1.165, 1.54) is 19.6 Å². The Morgan fingerprint density at radius 2 is 1.98 bits per heavy atom. The van der Waals surface area contributed by atoms with Crippen molar-refractivity contribution in [1.82, 2.24) is 24.8 Å². The number of hydrogen-bond acceptors (Lipinski definition) is 6. The Bertz CT molecular complexity index is 1850. The number of fused-ring (bicyclic) bond motifs is 3. The lowest BCUT2D eigenvalue weighted by molar-refractivity contribution is -0.108. The summed E-state index contributed by atoms with van der Waals surface area (Å²) in [5.74, 6) is 3.43. The van der Waals surface area contributed by atoms with Gasteiger partial charge in [0.2, 0.25) is 0 Å². The number of aryl methyl sites for hydroxylation is 1. The van der Waals surface area contributed by atoms with Crippen LogP contribution in [0.25, 0.3) is 22.3 Å². The van der Waals surface area contributed by atoms with Gasteiger partial charge in [-0.15, -0.1) is 0 Å². The Morgan fingerprint density at radius 3 is 2.68 bits per heavy atom. The molecule has 3 aliphatic carbocycles. The molecular weight excluding hydrogens is 593 g/mol. The van der Waals surface area contributed by atoms with Crippen LogP contribution in [0.5, 0.6) is 5.75 Å². The smallest absolute Gasteiger partial charge is 0.261 e. The molecule has 47 heavy (non-hydrogen) atoms. The summed E-state index contributed by atoms with van der Waals surface area (Å²) in [4.78, 5) is 31.1. The Labute approximate surface area is 275 Å². The molecule has 2 aromatic carbocycles. The molecule has 3 heterocycles. The first-order valence-electron chi connectivity index (χ1n) is 16.8. The first-order chi connectivity index (χ1) is 22.7. The van der Waals surface area contributed by atoms with E-state index in [4.69, 9.17) is 14.7 Å². The fourth-order valence-corrected chi connectivity index (χ4v) is 7.96. The van der Waals surface area contributed by atoms with E-state index in [0.717, 1.165) is 55.7 Å². The largest absolute Gasteiger partial charge is 0.497 e. The number of aliphatic imine (C=N–C) groups is 1. The highest BCUT2D eigenvalue weighted by molar-refractivity contribution is 5.96. The van der Waals surface area contributed by atoms with Gasteiger partial charge in [-0.25, -0.2) is 14.4 Å². The molecule has 1 saturated heterocycles. The molecule has 0 amide bonds. The molecule has 4 atom stereocenters. The second-order valence-electron chi connectivity index (χ2n) is 13.9. The van der Waals surface area contributed by atoms with Crippen molar-refractivity contribution in [3.63, 3.8) is 0 Å². The molecule has 4 fully saturated rings. The molecule has 8 rings (SSSR count). The minimum atomic E-state index is -0.366. The number of piperazine rings is 1. The molecule has 4 aromatic rings. The number of guanidine groups is 1. The van der Waals surface area contributed by atoms with Crippen LogP contribution >= 0.6 is 0 Å². The van der Waals surface area contributed by atoms with Crippen LogP contribution in [-0.4, -0.2) is 64.7 Å². The molecule has 2 aromatic heterocycles. The van der Waals surface area contributed by atoms with Gasteiger partial charge in [0.1, 0.15) is 17.4 Å². The minimum Gasteiger partial charge on any atom is -0.497 e. The van der Waals surface area contributed by atoms with E-state index in [9.17, 15) is 9.18 Å². The van der Waals surface area contributed by atoms with Crippen LogP contribution in [-0.2, 0) is 13.0 Å². The molecule has 1 aliphatic heterocycles. The number of ether oxygens (including phenoxy) is 1. The van der Waals surface area contributed by atoms with E-state index in [1.807, 2.05) is 30.3 Å². The summed E-state index contributed by atoms with van der Waals surface area (Å²) in [6, 6.07) is 14.5. The van der Waals surface area contributed by atoms with Crippen LogP contribution in [0, 0.1) is 29.0 Å². The number of anilines is 1. The molecule has 0 spiro atoms. The Kier molecular flexibility index (Phi) is 8.46. The summed E-state index contributed by atoms with van der Waals surface area (Å²) in [6.07, 6.45) is 6.15. The van der Waals surface area contributed by atoms with Crippen LogP contribution in [0.4, 0.5) is 10.1 Å². The SMILES string of the molecule is COc1ccc(CCn2c(-c3cccnc3)nc3cc(NC(=N[C@H]4C[C@H]5C[C@@H]([C@@H]4C)C5(C)C)N4CCNCC4)ccc3c2=O)c(F)c1. The van der Waals surface area contributed by atoms with Gasteiger partial charge in [0.05, 0.1) is 24.1 Å². The Balaban J connectivity index is 1.22. The lowest BCUT2D eigenvalue weighted by atomic mass is 9.45. The molecule has 0 radical (unpaired) electrons. The van der Waals surface area contributed by atoms with E-state index in [0.29, 0.717) is 51.7 Å². The molecular formula is C37H44FN7O2. The third-order valence-corrected chi connectivity index (χ3v) is 11.0. The van der Waals surface area contributed by atoms with Gasteiger partial charge in [0.15, 0.2) is 5.96 Å². The first kappa shape index (κ1) is 31.3. The summed E-state index contributed by atoms with van der Waals surface area (Å²) < 4.78 is 21.6. The second kappa shape index (κ2) is 12.7. The van der Waals surface area contributed by atoms with Crippen LogP contribution < -0.4 is 20.9 Å².